The van der Waals surface area contributed by atoms with Crippen LogP contribution in [0.1, 0.15) is 64.2 Å². The van der Waals surface area contributed by atoms with Crippen LogP contribution in [0.4, 0.5) is 0 Å². The zero-order valence-electron chi connectivity index (χ0n) is 10.0. The second-order valence-corrected chi connectivity index (χ2v) is 5.16. The predicted molar refractivity (Wildman–Crippen MR) is 64.7 cm³/mol. The van der Waals surface area contributed by atoms with Crippen molar-refractivity contribution in [2.75, 3.05) is 13.1 Å². The summed E-state index contributed by atoms with van der Waals surface area (Å²) in [6.45, 7) is 2.49. The van der Waals surface area contributed by atoms with E-state index in [9.17, 15) is 0 Å². The van der Waals surface area contributed by atoms with Gasteiger partial charge < -0.3 is 0 Å². The molecular weight excluding hydrogens is 184 g/mol. The van der Waals surface area contributed by atoms with Crippen molar-refractivity contribution < 1.29 is 0 Å². The van der Waals surface area contributed by atoms with Crippen LogP contribution in [0.2, 0.25) is 0 Å². The summed E-state index contributed by atoms with van der Waals surface area (Å²) in [6.07, 6.45) is 14.3. The van der Waals surface area contributed by atoms with Gasteiger partial charge in [0.25, 0.3) is 0 Å². The van der Waals surface area contributed by atoms with Crippen molar-refractivity contribution in [2.24, 2.45) is 0 Å². The van der Waals surface area contributed by atoms with Crippen LogP contribution in [0.5, 0.6) is 0 Å². The summed E-state index contributed by atoms with van der Waals surface area (Å²) < 4.78 is 0. The van der Waals surface area contributed by atoms with Crippen LogP contribution in [0.15, 0.2) is 0 Å². The maximum Gasteiger partial charge on any atom is 0.0243 e. The normalized spacial score (nSPS) is 28.0. The first-order valence-electron chi connectivity index (χ1n) is 6.97. The standard InChI is InChI=1S/C13H26N2/c1-2-5-9-13(10-6-3-1)15-12-8-4-7-11-14-15/h13-14H,1-12H2. The Labute approximate surface area is 94.4 Å². The molecule has 0 bridgehead atoms. The molecule has 88 valence electrons. The number of hydrogen-bond donors (Lipinski definition) is 1. The van der Waals surface area contributed by atoms with Gasteiger partial charge in [0.15, 0.2) is 0 Å². The fourth-order valence-corrected chi connectivity index (χ4v) is 2.94. The molecule has 1 aliphatic carbocycles. The van der Waals surface area contributed by atoms with Crippen molar-refractivity contribution in [1.29, 1.82) is 0 Å². The van der Waals surface area contributed by atoms with Gasteiger partial charge >= 0.3 is 0 Å². The van der Waals surface area contributed by atoms with E-state index < -0.39 is 0 Å². The van der Waals surface area contributed by atoms with Gasteiger partial charge in [-0.25, -0.2) is 5.01 Å². The quantitative estimate of drug-likeness (QED) is 0.715. The molecule has 1 N–H and O–H groups in total. The van der Waals surface area contributed by atoms with Gasteiger partial charge in [0.2, 0.25) is 0 Å². The van der Waals surface area contributed by atoms with E-state index in [1.54, 1.807) is 0 Å². The smallest absolute Gasteiger partial charge is 0.0243 e. The highest BCUT2D eigenvalue weighted by atomic mass is 15.5. The van der Waals surface area contributed by atoms with E-state index in [1.807, 2.05) is 0 Å². The lowest BCUT2D eigenvalue weighted by Crippen LogP contribution is -2.45. The molecule has 15 heavy (non-hydrogen) atoms. The molecule has 1 aliphatic heterocycles. The Morgan fingerprint density at radius 1 is 0.733 bits per heavy atom. The highest BCUT2D eigenvalue weighted by Gasteiger charge is 2.19. The Morgan fingerprint density at radius 2 is 1.40 bits per heavy atom. The molecule has 0 unspecified atom stereocenters. The Balaban J connectivity index is 1.82. The zero-order chi connectivity index (χ0) is 10.3. The predicted octanol–water partition coefficient (Wildman–Crippen LogP) is 3.09. The van der Waals surface area contributed by atoms with Crippen LogP contribution in [-0.4, -0.2) is 24.1 Å². The largest absolute Gasteiger partial charge is 0.255 e. The lowest BCUT2D eigenvalue weighted by atomic mass is 9.96. The van der Waals surface area contributed by atoms with Crippen LogP contribution in [-0.2, 0) is 0 Å². The summed E-state index contributed by atoms with van der Waals surface area (Å²) in [4.78, 5) is 0. The second-order valence-electron chi connectivity index (χ2n) is 5.16. The average molecular weight is 210 g/mol. The summed E-state index contributed by atoms with van der Waals surface area (Å²) >= 11 is 0. The minimum Gasteiger partial charge on any atom is -0.255 e. The van der Waals surface area contributed by atoms with Crippen molar-refractivity contribution >= 4 is 0 Å². The minimum absolute atomic E-state index is 0.836. The summed E-state index contributed by atoms with van der Waals surface area (Å²) in [5.41, 5.74) is 3.63. The van der Waals surface area contributed by atoms with Crippen LogP contribution < -0.4 is 5.43 Å². The van der Waals surface area contributed by atoms with Gasteiger partial charge in [-0.1, -0.05) is 38.5 Å². The van der Waals surface area contributed by atoms with Crippen molar-refractivity contribution in [3.8, 4) is 0 Å². The molecule has 0 aromatic carbocycles. The first-order chi connectivity index (χ1) is 7.47. The number of rotatable bonds is 1. The summed E-state index contributed by atoms with van der Waals surface area (Å²) in [5, 5.41) is 2.57. The average Bonchev–Trinajstić information content (AvgIpc) is 2.45. The van der Waals surface area contributed by atoms with Gasteiger partial charge in [0.05, 0.1) is 0 Å². The summed E-state index contributed by atoms with van der Waals surface area (Å²) in [7, 11) is 0. The van der Waals surface area contributed by atoms with Gasteiger partial charge in [0.1, 0.15) is 0 Å². The van der Waals surface area contributed by atoms with E-state index in [-0.39, 0.29) is 0 Å². The van der Waals surface area contributed by atoms with E-state index in [1.165, 1.54) is 77.3 Å². The number of hydrogen-bond acceptors (Lipinski definition) is 2. The molecular formula is C13H26N2. The van der Waals surface area contributed by atoms with Gasteiger partial charge in [0, 0.05) is 19.1 Å². The van der Waals surface area contributed by atoms with E-state index >= 15 is 0 Å². The third kappa shape index (κ3) is 3.76. The van der Waals surface area contributed by atoms with Crippen molar-refractivity contribution in [1.82, 2.24) is 10.4 Å². The summed E-state index contributed by atoms with van der Waals surface area (Å²) in [5.74, 6) is 0. The molecule has 1 saturated carbocycles. The first-order valence-corrected chi connectivity index (χ1v) is 6.97. The molecule has 0 amide bonds. The van der Waals surface area contributed by atoms with Gasteiger partial charge in [-0.15, -0.1) is 0 Å². The zero-order valence-corrected chi connectivity index (χ0v) is 10.0. The van der Waals surface area contributed by atoms with Crippen molar-refractivity contribution in [2.45, 2.75) is 70.3 Å². The molecule has 1 heterocycles. The van der Waals surface area contributed by atoms with Crippen LogP contribution in [0.25, 0.3) is 0 Å². The minimum atomic E-state index is 0.836. The van der Waals surface area contributed by atoms with E-state index in [4.69, 9.17) is 0 Å². The van der Waals surface area contributed by atoms with E-state index in [2.05, 4.69) is 10.4 Å². The molecule has 2 nitrogen and oxygen atoms in total. The maximum absolute atomic E-state index is 3.63. The molecule has 2 fully saturated rings. The monoisotopic (exact) mass is 210 g/mol. The van der Waals surface area contributed by atoms with E-state index in [0.29, 0.717) is 0 Å². The molecule has 1 saturated heterocycles. The van der Waals surface area contributed by atoms with Crippen LogP contribution in [0, 0.1) is 0 Å². The third-order valence-electron chi connectivity index (χ3n) is 3.91. The highest BCUT2D eigenvalue weighted by Crippen LogP contribution is 2.21. The van der Waals surface area contributed by atoms with E-state index in [0.717, 1.165) is 6.04 Å². The molecule has 0 aromatic heterocycles. The Morgan fingerprint density at radius 3 is 2.20 bits per heavy atom. The van der Waals surface area contributed by atoms with Crippen LogP contribution in [0.3, 0.4) is 0 Å². The first kappa shape index (κ1) is 11.4. The van der Waals surface area contributed by atoms with Gasteiger partial charge in [-0.3, -0.25) is 5.43 Å². The molecule has 2 heteroatoms. The molecule has 2 rings (SSSR count). The maximum atomic E-state index is 3.63. The number of hydrazine groups is 1. The topological polar surface area (TPSA) is 15.3 Å². The fraction of sp³-hybridized carbons (Fsp3) is 1.00. The highest BCUT2D eigenvalue weighted by molar-refractivity contribution is 4.73. The van der Waals surface area contributed by atoms with Crippen molar-refractivity contribution in [3.05, 3.63) is 0 Å². The molecule has 0 atom stereocenters. The van der Waals surface area contributed by atoms with Gasteiger partial charge in [-0.05, 0) is 25.7 Å². The number of nitrogens with one attached hydrogen (secondary N) is 1. The SMILES string of the molecule is C1CCCC(N2CCCCCN2)CCC1. The Hall–Kier alpha value is -0.0800. The van der Waals surface area contributed by atoms with Gasteiger partial charge in [-0.2, -0.15) is 0 Å². The second kappa shape index (κ2) is 6.49. The Bertz CT molecular complexity index is 154. The number of nitrogens with zero attached hydrogens (tertiary/aromatic N) is 1. The molecule has 0 radical (unpaired) electrons. The summed E-state index contributed by atoms with van der Waals surface area (Å²) in [6, 6.07) is 0.836. The molecule has 0 aromatic rings. The van der Waals surface area contributed by atoms with Crippen molar-refractivity contribution in [3.63, 3.8) is 0 Å². The Kier molecular flexibility index (Phi) is 4.94. The van der Waals surface area contributed by atoms with Crippen LogP contribution >= 0.6 is 0 Å². The lowest BCUT2D eigenvalue weighted by Gasteiger charge is -2.32. The molecule has 0 spiro atoms. The molecule has 2 aliphatic rings. The fourth-order valence-electron chi connectivity index (χ4n) is 2.94. The lowest BCUT2D eigenvalue weighted by molar-refractivity contribution is 0.111. The third-order valence-corrected chi connectivity index (χ3v) is 3.91.